The van der Waals surface area contributed by atoms with Crippen LogP contribution in [0.25, 0.3) is 0 Å². The lowest BCUT2D eigenvalue weighted by atomic mass is 10.1. The molecule has 0 spiro atoms. The second-order valence-corrected chi connectivity index (χ2v) is 2.70. The Morgan fingerprint density at radius 3 is 2.70 bits per heavy atom. The minimum Gasteiger partial charge on any atom is -0.388 e. The molecule has 0 radical (unpaired) electrons. The molecular formula is C7H14O3. The van der Waals surface area contributed by atoms with Crippen molar-refractivity contribution in [3.8, 4) is 0 Å². The topological polar surface area (TPSA) is 38.7 Å². The van der Waals surface area contributed by atoms with Gasteiger partial charge in [-0.1, -0.05) is 0 Å². The van der Waals surface area contributed by atoms with Crippen LogP contribution >= 0.6 is 0 Å². The van der Waals surface area contributed by atoms with Crippen molar-refractivity contribution >= 4 is 0 Å². The molecule has 3 atom stereocenters. The molecule has 0 aliphatic carbocycles. The summed E-state index contributed by atoms with van der Waals surface area (Å²) in [5.74, 6) is 0. The van der Waals surface area contributed by atoms with E-state index in [1.165, 1.54) is 0 Å². The molecule has 0 aromatic carbocycles. The van der Waals surface area contributed by atoms with Gasteiger partial charge < -0.3 is 14.6 Å². The molecule has 0 amide bonds. The van der Waals surface area contributed by atoms with E-state index in [0.717, 1.165) is 12.8 Å². The number of aliphatic hydroxyl groups is 1. The van der Waals surface area contributed by atoms with Gasteiger partial charge in [-0.25, -0.2) is 0 Å². The molecule has 1 heterocycles. The standard InChI is InChI=1S/C7H14O3/c1-5-3-4-6(8)7(9-2)10-5/h5-8H,3-4H2,1-2H3/t5-,6+,7-/m1/s1. The number of hydrogen-bond acceptors (Lipinski definition) is 3. The van der Waals surface area contributed by atoms with Crippen molar-refractivity contribution in [2.24, 2.45) is 0 Å². The van der Waals surface area contributed by atoms with E-state index in [4.69, 9.17) is 9.47 Å². The lowest BCUT2D eigenvalue weighted by molar-refractivity contribution is -0.224. The molecule has 1 N–H and O–H groups in total. The van der Waals surface area contributed by atoms with E-state index in [-0.39, 0.29) is 6.10 Å². The van der Waals surface area contributed by atoms with Crippen LogP contribution in [0.5, 0.6) is 0 Å². The van der Waals surface area contributed by atoms with Gasteiger partial charge in [0.05, 0.1) is 6.10 Å². The molecule has 1 saturated heterocycles. The van der Waals surface area contributed by atoms with Crippen molar-refractivity contribution in [2.45, 2.75) is 38.3 Å². The Labute approximate surface area is 60.9 Å². The quantitative estimate of drug-likeness (QED) is 0.586. The molecule has 0 aromatic heterocycles. The highest BCUT2D eigenvalue weighted by Crippen LogP contribution is 2.19. The van der Waals surface area contributed by atoms with Crippen molar-refractivity contribution in [2.75, 3.05) is 7.11 Å². The molecule has 1 aliphatic rings. The van der Waals surface area contributed by atoms with Crippen LogP contribution in [-0.2, 0) is 9.47 Å². The summed E-state index contributed by atoms with van der Waals surface area (Å²) in [5, 5.41) is 9.24. The SMILES string of the molecule is CO[C@@H]1O[C@H](C)CC[C@@H]1O. The zero-order valence-electron chi connectivity index (χ0n) is 6.41. The Kier molecular flexibility index (Phi) is 2.65. The van der Waals surface area contributed by atoms with Gasteiger partial charge in [-0.2, -0.15) is 0 Å². The number of methoxy groups -OCH3 is 1. The highest BCUT2D eigenvalue weighted by Gasteiger charge is 2.26. The third kappa shape index (κ3) is 1.68. The van der Waals surface area contributed by atoms with E-state index >= 15 is 0 Å². The molecule has 0 bridgehead atoms. The van der Waals surface area contributed by atoms with Crippen LogP contribution < -0.4 is 0 Å². The van der Waals surface area contributed by atoms with Crippen molar-refractivity contribution in [3.63, 3.8) is 0 Å². The fraction of sp³-hybridized carbons (Fsp3) is 1.00. The van der Waals surface area contributed by atoms with Gasteiger partial charge in [-0.15, -0.1) is 0 Å². The molecule has 10 heavy (non-hydrogen) atoms. The monoisotopic (exact) mass is 146 g/mol. The molecule has 3 nitrogen and oxygen atoms in total. The number of aliphatic hydroxyl groups excluding tert-OH is 1. The largest absolute Gasteiger partial charge is 0.388 e. The molecule has 1 aliphatic heterocycles. The average molecular weight is 146 g/mol. The second-order valence-electron chi connectivity index (χ2n) is 2.70. The fourth-order valence-electron chi connectivity index (χ4n) is 1.14. The maximum atomic E-state index is 9.24. The highest BCUT2D eigenvalue weighted by atomic mass is 16.7. The van der Waals surface area contributed by atoms with Crippen molar-refractivity contribution < 1.29 is 14.6 Å². The molecule has 0 aromatic rings. The number of rotatable bonds is 1. The Morgan fingerprint density at radius 1 is 1.50 bits per heavy atom. The summed E-state index contributed by atoms with van der Waals surface area (Å²) < 4.78 is 10.2. The summed E-state index contributed by atoms with van der Waals surface area (Å²) in [6, 6.07) is 0. The van der Waals surface area contributed by atoms with E-state index in [9.17, 15) is 5.11 Å². The van der Waals surface area contributed by atoms with Crippen LogP contribution in [0.2, 0.25) is 0 Å². The van der Waals surface area contributed by atoms with Crippen molar-refractivity contribution in [1.29, 1.82) is 0 Å². The summed E-state index contributed by atoms with van der Waals surface area (Å²) >= 11 is 0. The minimum atomic E-state index is -0.443. The van der Waals surface area contributed by atoms with Crippen LogP contribution in [0.3, 0.4) is 0 Å². The smallest absolute Gasteiger partial charge is 0.183 e. The molecular weight excluding hydrogens is 132 g/mol. The first kappa shape index (κ1) is 7.98. The van der Waals surface area contributed by atoms with Gasteiger partial charge in [0.1, 0.15) is 6.10 Å². The maximum Gasteiger partial charge on any atom is 0.183 e. The van der Waals surface area contributed by atoms with Crippen molar-refractivity contribution in [1.82, 2.24) is 0 Å². The Hall–Kier alpha value is -0.120. The summed E-state index contributed by atoms with van der Waals surface area (Å²) in [6.45, 7) is 1.98. The van der Waals surface area contributed by atoms with E-state index in [1.54, 1.807) is 7.11 Å². The average Bonchev–Trinajstić information content (AvgIpc) is 1.94. The first-order valence-electron chi connectivity index (χ1n) is 3.60. The minimum absolute atomic E-state index is 0.216. The van der Waals surface area contributed by atoms with Gasteiger partial charge in [-0.3, -0.25) is 0 Å². The third-order valence-corrected chi connectivity index (χ3v) is 1.78. The lowest BCUT2D eigenvalue weighted by Crippen LogP contribution is -2.38. The fourth-order valence-corrected chi connectivity index (χ4v) is 1.14. The van der Waals surface area contributed by atoms with Gasteiger partial charge in [0.2, 0.25) is 0 Å². The predicted octanol–water partition coefficient (Wildman–Crippen LogP) is 0.519. The Bertz CT molecular complexity index is 105. The Balaban J connectivity index is 2.38. The van der Waals surface area contributed by atoms with E-state index < -0.39 is 12.4 Å². The van der Waals surface area contributed by atoms with E-state index in [0.29, 0.717) is 0 Å². The number of ether oxygens (including phenoxy) is 2. The van der Waals surface area contributed by atoms with Gasteiger partial charge >= 0.3 is 0 Å². The highest BCUT2D eigenvalue weighted by molar-refractivity contribution is 4.69. The summed E-state index contributed by atoms with van der Waals surface area (Å²) in [7, 11) is 1.55. The van der Waals surface area contributed by atoms with Crippen molar-refractivity contribution in [3.05, 3.63) is 0 Å². The second kappa shape index (κ2) is 3.32. The van der Waals surface area contributed by atoms with E-state index in [2.05, 4.69) is 0 Å². The molecule has 3 heteroatoms. The van der Waals surface area contributed by atoms with Crippen LogP contribution in [0, 0.1) is 0 Å². The molecule has 1 rings (SSSR count). The van der Waals surface area contributed by atoms with Gasteiger partial charge in [0.25, 0.3) is 0 Å². The molecule has 60 valence electrons. The predicted molar refractivity (Wildman–Crippen MR) is 36.6 cm³/mol. The summed E-state index contributed by atoms with van der Waals surface area (Å²) in [5.41, 5.74) is 0. The normalized spacial score (nSPS) is 41.7. The lowest BCUT2D eigenvalue weighted by Gasteiger charge is -2.30. The Morgan fingerprint density at radius 2 is 2.20 bits per heavy atom. The zero-order chi connectivity index (χ0) is 7.56. The number of hydrogen-bond donors (Lipinski definition) is 1. The first-order chi connectivity index (χ1) is 4.74. The van der Waals surface area contributed by atoms with Gasteiger partial charge in [-0.05, 0) is 19.8 Å². The summed E-state index contributed by atoms with van der Waals surface area (Å²) in [4.78, 5) is 0. The molecule has 0 unspecified atom stereocenters. The maximum absolute atomic E-state index is 9.24. The molecule has 1 fully saturated rings. The van der Waals surface area contributed by atoms with Crippen LogP contribution in [0.4, 0.5) is 0 Å². The third-order valence-electron chi connectivity index (χ3n) is 1.78. The van der Waals surface area contributed by atoms with Gasteiger partial charge in [0, 0.05) is 7.11 Å². The van der Waals surface area contributed by atoms with Gasteiger partial charge in [0.15, 0.2) is 6.29 Å². The zero-order valence-corrected chi connectivity index (χ0v) is 6.41. The first-order valence-corrected chi connectivity index (χ1v) is 3.60. The van der Waals surface area contributed by atoms with Crippen LogP contribution in [0.15, 0.2) is 0 Å². The molecule has 0 saturated carbocycles. The van der Waals surface area contributed by atoms with Crippen LogP contribution in [-0.4, -0.2) is 30.7 Å². The summed E-state index contributed by atoms with van der Waals surface area (Å²) in [6.07, 6.45) is 1.05. The van der Waals surface area contributed by atoms with E-state index in [1.807, 2.05) is 6.92 Å². The van der Waals surface area contributed by atoms with Crippen LogP contribution in [0.1, 0.15) is 19.8 Å².